The van der Waals surface area contributed by atoms with E-state index in [-0.39, 0.29) is 5.69 Å². The zero-order valence-electron chi connectivity index (χ0n) is 8.14. The van der Waals surface area contributed by atoms with Crippen molar-refractivity contribution < 1.29 is 19.7 Å². The molecule has 1 aromatic heterocycles. The van der Waals surface area contributed by atoms with Crippen LogP contribution in [0.5, 0.6) is 5.75 Å². The van der Waals surface area contributed by atoms with Gasteiger partial charge in [0.1, 0.15) is 12.3 Å². The maximum Gasteiger partial charge on any atom is 0.354 e. The van der Waals surface area contributed by atoms with Crippen molar-refractivity contribution in [3.8, 4) is 5.75 Å². The van der Waals surface area contributed by atoms with Gasteiger partial charge in [-0.05, 0) is 24.3 Å². The number of pyridine rings is 1. The quantitative estimate of drug-likeness (QED) is 0.737. The van der Waals surface area contributed by atoms with E-state index in [2.05, 4.69) is 4.98 Å². The van der Waals surface area contributed by atoms with E-state index < -0.39 is 5.97 Å². The third kappa shape index (κ3) is 1.22. The first-order valence-electron chi connectivity index (χ1n) is 4.71. The van der Waals surface area contributed by atoms with Crippen molar-refractivity contribution in [2.75, 3.05) is 0 Å². The number of hydrogen-bond acceptors (Lipinski definition) is 4. The molecule has 5 heteroatoms. The summed E-state index contributed by atoms with van der Waals surface area (Å²) >= 11 is 0. The summed E-state index contributed by atoms with van der Waals surface area (Å²) in [5.74, 6) is -0.368. The zero-order chi connectivity index (χ0) is 11.1. The summed E-state index contributed by atoms with van der Waals surface area (Å²) in [4.78, 5) is 24.6. The topological polar surface area (TPSA) is 68.7 Å². The van der Waals surface area contributed by atoms with Gasteiger partial charge in [-0.3, -0.25) is 0 Å². The smallest absolute Gasteiger partial charge is 0.354 e. The lowest BCUT2D eigenvalue weighted by molar-refractivity contribution is -0.194. The van der Waals surface area contributed by atoms with Crippen LogP contribution in [0, 0.1) is 0 Å². The van der Waals surface area contributed by atoms with Crippen LogP contribution in [-0.2, 0) is 11.5 Å². The minimum Gasteiger partial charge on any atom is -0.477 e. The molecule has 0 amide bonds. The van der Waals surface area contributed by atoms with Crippen molar-refractivity contribution >= 4 is 16.9 Å². The maximum atomic E-state index is 10.8. The largest absolute Gasteiger partial charge is 0.477 e. The summed E-state index contributed by atoms with van der Waals surface area (Å²) < 4.78 is 0. The Morgan fingerprint density at radius 3 is 3.00 bits per heavy atom. The molecule has 2 aromatic rings. The van der Waals surface area contributed by atoms with Gasteiger partial charge in [0, 0.05) is 10.9 Å². The highest BCUT2D eigenvalue weighted by atomic mass is 17.2. The second-order valence-corrected chi connectivity index (χ2v) is 3.46. The molecule has 16 heavy (non-hydrogen) atoms. The molecule has 0 bridgehead atoms. The van der Waals surface area contributed by atoms with E-state index in [1.165, 1.54) is 6.07 Å². The molecule has 0 atom stereocenters. The molecule has 5 nitrogen and oxygen atoms in total. The average molecular weight is 217 g/mol. The SMILES string of the molecule is O=C(O)c1ccc2c3c(ccc2n1)OOC3. The number of carbonyl (C=O) groups is 1. The monoisotopic (exact) mass is 217 g/mol. The lowest BCUT2D eigenvalue weighted by Gasteiger charge is -2.02. The molecular weight excluding hydrogens is 210 g/mol. The molecule has 0 aliphatic carbocycles. The van der Waals surface area contributed by atoms with Gasteiger partial charge < -0.3 is 9.99 Å². The van der Waals surface area contributed by atoms with Crippen LogP contribution in [0.4, 0.5) is 0 Å². The summed E-state index contributed by atoms with van der Waals surface area (Å²) in [7, 11) is 0. The summed E-state index contributed by atoms with van der Waals surface area (Å²) in [6.07, 6.45) is 0. The molecule has 0 unspecified atom stereocenters. The lowest BCUT2D eigenvalue weighted by Crippen LogP contribution is -2.00. The van der Waals surface area contributed by atoms with Crippen molar-refractivity contribution in [1.82, 2.24) is 4.98 Å². The Morgan fingerprint density at radius 2 is 2.19 bits per heavy atom. The van der Waals surface area contributed by atoms with Crippen molar-refractivity contribution in [1.29, 1.82) is 0 Å². The molecule has 3 rings (SSSR count). The molecule has 0 saturated heterocycles. The molecule has 0 saturated carbocycles. The van der Waals surface area contributed by atoms with Gasteiger partial charge in [-0.25, -0.2) is 9.78 Å². The average Bonchev–Trinajstić information content (AvgIpc) is 2.76. The first-order chi connectivity index (χ1) is 7.75. The Balaban J connectivity index is 2.28. The van der Waals surface area contributed by atoms with Gasteiger partial charge >= 0.3 is 5.97 Å². The molecule has 0 spiro atoms. The van der Waals surface area contributed by atoms with Crippen LogP contribution in [-0.4, -0.2) is 16.1 Å². The maximum absolute atomic E-state index is 10.8. The van der Waals surface area contributed by atoms with Crippen LogP contribution in [0.2, 0.25) is 0 Å². The Kier molecular flexibility index (Phi) is 1.81. The number of carboxylic acids is 1. The van der Waals surface area contributed by atoms with E-state index in [4.69, 9.17) is 14.9 Å². The number of carboxylic acid groups (broad SMARTS) is 1. The highest BCUT2D eigenvalue weighted by Crippen LogP contribution is 2.32. The van der Waals surface area contributed by atoms with E-state index in [1.54, 1.807) is 18.2 Å². The number of aromatic carboxylic acids is 1. The summed E-state index contributed by atoms with van der Waals surface area (Å²) in [5.41, 5.74) is 1.57. The van der Waals surface area contributed by atoms with Gasteiger partial charge in [-0.2, -0.15) is 4.89 Å². The highest BCUT2D eigenvalue weighted by molar-refractivity contribution is 5.91. The number of fused-ring (bicyclic) bond motifs is 3. The lowest BCUT2D eigenvalue weighted by atomic mass is 10.1. The second-order valence-electron chi connectivity index (χ2n) is 3.46. The van der Waals surface area contributed by atoms with Crippen LogP contribution in [0.15, 0.2) is 24.3 Å². The van der Waals surface area contributed by atoms with Crippen LogP contribution >= 0.6 is 0 Å². The van der Waals surface area contributed by atoms with Gasteiger partial charge in [-0.15, -0.1) is 0 Å². The van der Waals surface area contributed by atoms with Crippen molar-refractivity contribution in [3.63, 3.8) is 0 Å². The van der Waals surface area contributed by atoms with Gasteiger partial charge in [0.15, 0.2) is 5.75 Å². The molecule has 0 radical (unpaired) electrons. The summed E-state index contributed by atoms with van der Waals surface area (Å²) in [6, 6.07) is 6.64. The molecule has 2 heterocycles. The molecule has 80 valence electrons. The van der Waals surface area contributed by atoms with E-state index in [0.29, 0.717) is 17.9 Å². The highest BCUT2D eigenvalue weighted by Gasteiger charge is 2.18. The first-order valence-corrected chi connectivity index (χ1v) is 4.71. The Hall–Kier alpha value is -2.14. The van der Waals surface area contributed by atoms with Crippen molar-refractivity contribution in [2.45, 2.75) is 6.61 Å². The predicted molar refractivity (Wildman–Crippen MR) is 54.1 cm³/mol. The second kappa shape index (κ2) is 3.18. The van der Waals surface area contributed by atoms with Crippen LogP contribution in [0.25, 0.3) is 10.9 Å². The number of hydrogen-bond donors (Lipinski definition) is 1. The third-order valence-electron chi connectivity index (χ3n) is 2.51. The molecule has 1 aliphatic rings. The van der Waals surface area contributed by atoms with Crippen molar-refractivity contribution in [2.24, 2.45) is 0 Å². The van der Waals surface area contributed by atoms with Crippen LogP contribution in [0.1, 0.15) is 16.1 Å². The van der Waals surface area contributed by atoms with Crippen molar-refractivity contribution in [3.05, 3.63) is 35.5 Å². The minimum atomic E-state index is -1.03. The number of rotatable bonds is 1. The zero-order valence-corrected chi connectivity index (χ0v) is 8.14. The Morgan fingerprint density at radius 1 is 1.31 bits per heavy atom. The van der Waals surface area contributed by atoms with Gasteiger partial charge in [0.25, 0.3) is 0 Å². The number of nitrogens with zero attached hydrogens (tertiary/aromatic N) is 1. The van der Waals surface area contributed by atoms with E-state index >= 15 is 0 Å². The number of benzene rings is 1. The normalized spacial score (nSPS) is 13.5. The standard InChI is InChI=1S/C11H7NO4/c13-11(14)9-2-1-6-7-5-15-16-10(7)4-3-8(6)12-9/h1-4H,5H2,(H,13,14). The molecule has 1 aromatic carbocycles. The van der Waals surface area contributed by atoms with E-state index in [0.717, 1.165) is 10.9 Å². The van der Waals surface area contributed by atoms with Gasteiger partial charge in [-0.1, -0.05) is 0 Å². The van der Waals surface area contributed by atoms with E-state index in [9.17, 15) is 4.79 Å². The third-order valence-corrected chi connectivity index (χ3v) is 2.51. The summed E-state index contributed by atoms with van der Waals surface area (Å²) in [6.45, 7) is 0.362. The Bertz CT molecular complexity index is 594. The van der Waals surface area contributed by atoms with Crippen LogP contribution in [0.3, 0.4) is 0 Å². The van der Waals surface area contributed by atoms with Gasteiger partial charge in [0.05, 0.1) is 5.52 Å². The fraction of sp³-hybridized carbons (Fsp3) is 0.0909. The molecule has 1 N–H and O–H groups in total. The first kappa shape index (κ1) is 9.11. The molecular formula is C11H7NO4. The van der Waals surface area contributed by atoms with Gasteiger partial charge in [0.2, 0.25) is 0 Å². The number of aromatic nitrogens is 1. The van der Waals surface area contributed by atoms with Crippen LogP contribution < -0.4 is 4.89 Å². The molecule has 0 fully saturated rings. The fourth-order valence-electron chi connectivity index (χ4n) is 1.74. The molecule has 1 aliphatic heterocycles. The minimum absolute atomic E-state index is 0.0345. The predicted octanol–water partition coefficient (Wildman–Crippen LogP) is 1.76. The fourth-order valence-corrected chi connectivity index (χ4v) is 1.74. The van der Waals surface area contributed by atoms with E-state index in [1.807, 2.05) is 0 Å². The Labute approximate surface area is 90.2 Å². The summed E-state index contributed by atoms with van der Waals surface area (Å²) in [5, 5.41) is 9.69.